The van der Waals surface area contributed by atoms with E-state index >= 15 is 0 Å². The smallest absolute Gasteiger partial charge is 0.269 e. The topological polar surface area (TPSA) is 79.9 Å². The number of aliphatic imine (C=N–C) groups is 1. The highest BCUT2D eigenvalue weighted by molar-refractivity contribution is 5.81. The van der Waals surface area contributed by atoms with Crippen molar-refractivity contribution in [3.8, 4) is 0 Å². The average Bonchev–Trinajstić information content (AvgIpc) is 2.63. The molecule has 0 saturated heterocycles. The van der Waals surface area contributed by atoms with Gasteiger partial charge in [-0.25, -0.2) is 14.5 Å². The molecule has 1 aromatic carbocycles. The Morgan fingerprint density at radius 2 is 2.20 bits per heavy atom. The standard InChI is InChI=1S/C9H8FN5/c10-7-4-2-1-3-6(7)5-12-9-13-8(11)14-15-9/h1-5H,(H3,11,13,14,15). The lowest BCUT2D eigenvalue weighted by atomic mass is 10.2. The summed E-state index contributed by atoms with van der Waals surface area (Å²) in [6.07, 6.45) is 1.35. The van der Waals surface area contributed by atoms with Gasteiger partial charge in [0, 0.05) is 11.8 Å². The van der Waals surface area contributed by atoms with Crippen LogP contribution in [0.2, 0.25) is 0 Å². The lowest BCUT2D eigenvalue weighted by molar-refractivity contribution is 0.626. The molecular formula is C9H8FN5. The molecule has 2 aromatic rings. The van der Waals surface area contributed by atoms with E-state index in [0.717, 1.165) is 0 Å². The number of nitrogens with one attached hydrogen (secondary N) is 1. The van der Waals surface area contributed by atoms with E-state index in [1.165, 1.54) is 12.3 Å². The number of nitrogen functional groups attached to an aromatic ring is 1. The summed E-state index contributed by atoms with van der Waals surface area (Å²) in [5, 5.41) is 6.11. The van der Waals surface area contributed by atoms with Crippen molar-refractivity contribution in [2.75, 3.05) is 5.73 Å². The van der Waals surface area contributed by atoms with Crippen LogP contribution in [0.3, 0.4) is 0 Å². The number of nitrogens with two attached hydrogens (primary N) is 1. The SMILES string of the molecule is Nc1nc(N=Cc2ccccc2F)n[nH]1. The van der Waals surface area contributed by atoms with E-state index in [4.69, 9.17) is 5.73 Å². The number of halogens is 1. The third kappa shape index (κ3) is 2.16. The number of aromatic nitrogens is 3. The van der Waals surface area contributed by atoms with Gasteiger partial charge in [0.25, 0.3) is 5.95 Å². The summed E-state index contributed by atoms with van der Waals surface area (Å²) in [5.74, 6) is 0.0104. The van der Waals surface area contributed by atoms with Crippen LogP contribution in [0, 0.1) is 5.82 Å². The van der Waals surface area contributed by atoms with Crippen LogP contribution in [0.25, 0.3) is 0 Å². The van der Waals surface area contributed by atoms with Crippen molar-refractivity contribution >= 4 is 18.1 Å². The first kappa shape index (κ1) is 9.32. The van der Waals surface area contributed by atoms with E-state index in [1.54, 1.807) is 18.2 Å². The number of aromatic amines is 1. The number of H-pyrrole nitrogens is 1. The van der Waals surface area contributed by atoms with Gasteiger partial charge in [0.1, 0.15) is 5.82 Å². The predicted octanol–water partition coefficient (Wildman–Crippen LogP) is 1.28. The Kier molecular flexibility index (Phi) is 2.40. The molecule has 0 aliphatic heterocycles. The maximum Gasteiger partial charge on any atom is 0.269 e. The molecule has 0 amide bonds. The molecule has 15 heavy (non-hydrogen) atoms. The Hall–Kier alpha value is -2.24. The van der Waals surface area contributed by atoms with Gasteiger partial charge in [-0.05, 0) is 6.07 Å². The monoisotopic (exact) mass is 205 g/mol. The second-order valence-electron chi connectivity index (χ2n) is 2.80. The lowest BCUT2D eigenvalue weighted by Crippen LogP contribution is -1.86. The van der Waals surface area contributed by atoms with Gasteiger partial charge in [0.05, 0.1) is 0 Å². The largest absolute Gasteiger partial charge is 0.368 e. The summed E-state index contributed by atoms with van der Waals surface area (Å²) >= 11 is 0. The fourth-order valence-corrected chi connectivity index (χ4v) is 1.03. The summed E-state index contributed by atoms with van der Waals surface area (Å²) in [4.78, 5) is 7.61. The molecule has 0 radical (unpaired) electrons. The van der Waals surface area contributed by atoms with Gasteiger partial charge < -0.3 is 5.73 Å². The third-order valence-corrected chi connectivity index (χ3v) is 1.72. The molecule has 6 heteroatoms. The summed E-state index contributed by atoms with van der Waals surface area (Å²) in [6, 6.07) is 6.29. The zero-order valence-corrected chi connectivity index (χ0v) is 7.68. The molecule has 2 rings (SSSR count). The highest BCUT2D eigenvalue weighted by Gasteiger charge is 1.98. The third-order valence-electron chi connectivity index (χ3n) is 1.72. The summed E-state index contributed by atoms with van der Waals surface area (Å²) in [6.45, 7) is 0. The predicted molar refractivity (Wildman–Crippen MR) is 54.4 cm³/mol. The molecule has 76 valence electrons. The zero-order chi connectivity index (χ0) is 10.7. The van der Waals surface area contributed by atoms with Crippen molar-refractivity contribution in [2.45, 2.75) is 0 Å². The molecule has 0 aliphatic carbocycles. The molecular weight excluding hydrogens is 197 g/mol. The van der Waals surface area contributed by atoms with Crippen LogP contribution in [0.5, 0.6) is 0 Å². The van der Waals surface area contributed by atoms with E-state index in [9.17, 15) is 4.39 Å². The quantitative estimate of drug-likeness (QED) is 0.724. The summed E-state index contributed by atoms with van der Waals surface area (Å²) in [5.41, 5.74) is 5.68. The molecule has 0 saturated carbocycles. The van der Waals surface area contributed by atoms with Crippen molar-refractivity contribution in [2.24, 2.45) is 4.99 Å². The Labute approximate surface area is 84.9 Å². The van der Waals surface area contributed by atoms with Crippen LogP contribution in [-0.2, 0) is 0 Å². The minimum Gasteiger partial charge on any atom is -0.368 e. The summed E-state index contributed by atoms with van der Waals surface area (Å²) < 4.78 is 13.1. The molecule has 0 atom stereocenters. The van der Waals surface area contributed by atoms with Crippen molar-refractivity contribution in [1.82, 2.24) is 15.2 Å². The maximum atomic E-state index is 13.1. The fourth-order valence-electron chi connectivity index (χ4n) is 1.03. The van der Waals surface area contributed by atoms with E-state index in [0.29, 0.717) is 5.56 Å². The van der Waals surface area contributed by atoms with Gasteiger partial charge in [0.15, 0.2) is 0 Å². The van der Waals surface area contributed by atoms with Crippen LogP contribution < -0.4 is 5.73 Å². The van der Waals surface area contributed by atoms with Gasteiger partial charge in [-0.1, -0.05) is 18.2 Å². The number of anilines is 1. The number of hydrogen-bond donors (Lipinski definition) is 2. The van der Waals surface area contributed by atoms with Crippen LogP contribution in [-0.4, -0.2) is 21.4 Å². The number of rotatable bonds is 2. The first-order valence-corrected chi connectivity index (χ1v) is 4.22. The molecule has 0 unspecified atom stereocenters. The lowest BCUT2D eigenvalue weighted by Gasteiger charge is -1.92. The van der Waals surface area contributed by atoms with Gasteiger partial charge in [0.2, 0.25) is 5.95 Å². The first-order valence-electron chi connectivity index (χ1n) is 4.22. The normalized spacial score (nSPS) is 11.0. The molecule has 0 bridgehead atoms. The summed E-state index contributed by atoms with van der Waals surface area (Å²) in [7, 11) is 0. The van der Waals surface area contributed by atoms with Crippen LogP contribution in [0.1, 0.15) is 5.56 Å². The fraction of sp³-hybridized carbons (Fsp3) is 0. The second kappa shape index (κ2) is 3.87. The van der Waals surface area contributed by atoms with Crippen molar-refractivity contribution in [3.63, 3.8) is 0 Å². The second-order valence-corrected chi connectivity index (χ2v) is 2.80. The molecule has 1 aromatic heterocycles. The number of benzene rings is 1. The van der Waals surface area contributed by atoms with Gasteiger partial charge in [-0.3, -0.25) is 0 Å². The van der Waals surface area contributed by atoms with Crippen molar-refractivity contribution < 1.29 is 4.39 Å². The number of hydrogen-bond acceptors (Lipinski definition) is 4. The van der Waals surface area contributed by atoms with Gasteiger partial charge in [-0.15, -0.1) is 5.10 Å². The van der Waals surface area contributed by atoms with Gasteiger partial charge in [-0.2, -0.15) is 4.98 Å². The van der Waals surface area contributed by atoms with Crippen molar-refractivity contribution in [3.05, 3.63) is 35.6 Å². The molecule has 3 N–H and O–H groups in total. The van der Waals surface area contributed by atoms with E-state index in [-0.39, 0.29) is 17.7 Å². The Morgan fingerprint density at radius 3 is 2.87 bits per heavy atom. The minimum atomic E-state index is -0.343. The average molecular weight is 205 g/mol. The first-order chi connectivity index (χ1) is 7.25. The van der Waals surface area contributed by atoms with Crippen molar-refractivity contribution in [1.29, 1.82) is 0 Å². The van der Waals surface area contributed by atoms with E-state index < -0.39 is 0 Å². The van der Waals surface area contributed by atoms with Crippen LogP contribution in [0.15, 0.2) is 29.3 Å². The molecule has 0 spiro atoms. The Bertz CT molecular complexity index is 491. The highest BCUT2D eigenvalue weighted by Crippen LogP contribution is 2.07. The van der Waals surface area contributed by atoms with Crippen LogP contribution >= 0.6 is 0 Å². The Morgan fingerprint density at radius 1 is 1.40 bits per heavy atom. The van der Waals surface area contributed by atoms with Crippen LogP contribution in [0.4, 0.5) is 16.3 Å². The molecule has 0 fully saturated rings. The Balaban J connectivity index is 2.22. The molecule has 5 nitrogen and oxygen atoms in total. The number of nitrogens with zero attached hydrogens (tertiary/aromatic N) is 3. The van der Waals surface area contributed by atoms with Gasteiger partial charge >= 0.3 is 0 Å². The van der Waals surface area contributed by atoms with E-state index in [1.807, 2.05) is 0 Å². The minimum absolute atomic E-state index is 0.177. The molecule has 0 aliphatic rings. The highest BCUT2D eigenvalue weighted by atomic mass is 19.1. The zero-order valence-electron chi connectivity index (χ0n) is 7.68. The molecule has 1 heterocycles. The van der Waals surface area contributed by atoms with E-state index in [2.05, 4.69) is 20.2 Å². The maximum absolute atomic E-state index is 13.1.